The van der Waals surface area contributed by atoms with Crippen LogP contribution in [0.4, 0.5) is 11.4 Å². The fourth-order valence-corrected chi connectivity index (χ4v) is 1.77. The van der Waals surface area contributed by atoms with Crippen molar-refractivity contribution in [2.45, 2.75) is 0 Å². The number of nitro benzene ring substituents is 1. The Bertz CT molecular complexity index is 732. The molecule has 0 spiro atoms. The minimum absolute atomic E-state index is 0.0468. The first kappa shape index (κ1) is 16.4. The summed E-state index contributed by atoms with van der Waals surface area (Å²) in [5.74, 6) is -0.386. The predicted octanol–water partition coefficient (Wildman–Crippen LogP) is 3.24. The lowest BCUT2D eigenvalue weighted by Gasteiger charge is -2.04. The van der Waals surface area contributed by atoms with Crippen molar-refractivity contribution in [1.82, 2.24) is 0 Å². The second kappa shape index (κ2) is 7.90. The van der Waals surface area contributed by atoms with Crippen LogP contribution in [0.2, 0.25) is 5.02 Å². The molecule has 0 aliphatic rings. The van der Waals surface area contributed by atoms with Crippen LogP contribution in [0, 0.1) is 10.1 Å². The van der Waals surface area contributed by atoms with Gasteiger partial charge in [0.05, 0.1) is 11.1 Å². The lowest BCUT2D eigenvalue weighted by molar-refractivity contribution is -0.384. The zero-order chi connectivity index (χ0) is 16.7. The number of hydrogen-bond acceptors (Lipinski definition) is 5. The standard InChI is InChI=1S/C15H12ClN3O4/c16-12-4-6-13(7-5-12)18-15(20)10-23-17-9-11-2-1-3-14(8-11)19(21)22/h1-9H,10H2,(H,18,20)/b17-9-. The summed E-state index contributed by atoms with van der Waals surface area (Å²) in [5, 5.41) is 17.4. The Balaban J connectivity index is 1.82. The van der Waals surface area contributed by atoms with E-state index in [0.717, 1.165) is 0 Å². The Labute approximate surface area is 136 Å². The minimum Gasteiger partial charge on any atom is -0.386 e. The predicted molar refractivity (Wildman–Crippen MR) is 86.7 cm³/mol. The molecule has 0 bridgehead atoms. The second-order valence-corrected chi connectivity index (χ2v) is 4.85. The molecule has 0 aromatic heterocycles. The van der Waals surface area contributed by atoms with Gasteiger partial charge >= 0.3 is 0 Å². The van der Waals surface area contributed by atoms with Gasteiger partial charge in [-0.05, 0) is 24.3 Å². The first-order chi connectivity index (χ1) is 11.0. The van der Waals surface area contributed by atoms with Gasteiger partial charge in [0.1, 0.15) is 0 Å². The third-order valence-electron chi connectivity index (χ3n) is 2.68. The summed E-state index contributed by atoms with van der Waals surface area (Å²) < 4.78 is 0. The fourth-order valence-electron chi connectivity index (χ4n) is 1.64. The topological polar surface area (TPSA) is 93.8 Å². The van der Waals surface area contributed by atoms with Crippen LogP contribution in [-0.4, -0.2) is 23.7 Å². The van der Waals surface area contributed by atoms with Crippen molar-refractivity contribution in [3.05, 3.63) is 69.2 Å². The van der Waals surface area contributed by atoms with E-state index in [-0.39, 0.29) is 18.2 Å². The number of benzene rings is 2. The van der Waals surface area contributed by atoms with Crippen LogP contribution in [0.1, 0.15) is 5.56 Å². The van der Waals surface area contributed by atoms with E-state index in [1.54, 1.807) is 30.3 Å². The maximum Gasteiger partial charge on any atom is 0.270 e. The number of halogens is 1. The van der Waals surface area contributed by atoms with Crippen molar-refractivity contribution in [3.8, 4) is 0 Å². The van der Waals surface area contributed by atoms with Crippen LogP contribution in [0.5, 0.6) is 0 Å². The number of hydrogen-bond donors (Lipinski definition) is 1. The summed E-state index contributed by atoms with van der Waals surface area (Å²) in [7, 11) is 0. The van der Waals surface area contributed by atoms with E-state index < -0.39 is 4.92 Å². The van der Waals surface area contributed by atoms with Gasteiger partial charge in [-0.2, -0.15) is 0 Å². The number of nitro groups is 1. The largest absolute Gasteiger partial charge is 0.386 e. The lowest BCUT2D eigenvalue weighted by atomic mass is 10.2. The monoisotopic (exact) mass is 333 g/mol. The average Bonchev–Trinajstić information content (AvgIpc) is 2.54. The highest BCUT2D eigenvalue weighted by Gasteiger charge is 2.05. The van der Waals surface area contributed by atoms with E-state index >= 15 is 0 Å². The zero-order valence-electron chi connectivity index (χ0n) is 11.8. The van der Waals surface area contributed by atoms with Gasteiger partial charge in [-0.25, -0.2) is 0 Å². The molecule has 2 aromatic rings. The van der Waals surface area contributed by atoms with Crippen LogP contribution in [0.25, 0.3) is 0 Å². The molecule has 0 saturated carbocycles. The average molecular weight is 334 g/mol. The van der Waals surface area contributed by atoms with E-state index in [9.17, 15) is 14.9 Å². The van der Waals surface area contributed by atoms with E-state index in [2.05, 4.69) is 10.5 Å². The summed E-state index contributed by atoms with van der Waals surface area (Å²) >= 11 is 5.74. The highest BCUT2D eigenvalue weighted by atomic mass is 35.5. The van der Waals surface area contributed by atoms with Crippen molar-refractivity contribution >= 4 is 35.1 Å². The normalized spacial score (nSPS) is 10.5. The highest BCUT2D eigenvalue weighted by molar-refractivity contribution is 6.30. The lowest BCUT2D eigenvalue weighted by Crippen LogP contribution is -2.16. The number of nitrogens with one attached hydrogen (secondary N) is 1. The highest BCUT2D eigenvalue weighted by Crippen LogP contribution is 2.13. The minimum atomic E-state index is -0.502. The van der Waals surface area contributed by atoms with Gasteiger partial charge in [0.2, 0.25) is 0 Å². The molecule has 23 heavy (non-hydrogen) atoms. The van der Waals surface area contributed by atoms with Crippen LogP contribution >= 0.6 is 11.6 Å². The first-order valence-corrected chi connectivity index (χ1v) is 6.87. The Morgan fingerprint density at radius 2 is 2.04 bits per heavy atom. The van der Waals surface area contributed by atoms with Gasteiger partial charge in [-0.15, -0.1) is 0 Å². The number of carbonyl (C=O) groups is 1. The Morgan fingerprint density at radius 1 is 1.30 bits per heavy atom. The second-order valence-electron chi connectivity index (χ2n) is 4.42. The Hall–Kier alpha value is -2.93. The van der Waals surface area contributed by atoms with Crippen molar-refractivity contribution in [2.24, 2.45) is 5.16 Å². The van der Waals surface area contributed by atoms with E-state index in [0.29, 0.717) is 16.3 Å². The number of rotatable bonds is 6. The van der Waals surface area contributed by atoms with Crippen molar-refractivity contribution in [2.75, 3.05) is 11.9 Å². The molecule has 2 aromatic carbocycles. The Morgan fingerprint density at radius 3 is 2.74 bits per heavy atom. The van der Waals surface area contributed by atoms with Gasteiger partial charge in [-0.3, -0.25) is 14.9 Å². The van der Waals surface area contributed by atoms with Crippen molar-refractivity contribution in [3.63, 3.8) is 0 Å². The molecule has 0 unspecified atom stereocenters. The third-order valence-corrected chi connectivity index (χ3v) is 2.93. The molecule has 1 amide bonds. The number of nitrogens with zero attached hydrogens (tertiary/aromatic N) is 2. The maximum absolute atomic E-state index is 11.6. The summed E-state index contributed by atoms with van der Waals surface area (Å²) in [6.07, 6.45) is 1.29. The number of carbonyl (C=O) groups excluding carboxylic acids is 1. The van der Waals surface area contributed by atoms with Crippen LogP contribution < -0.4 is 5.32 Å². The van der Waals surface area contributed by atoms with Crippen LogP contribution in [0.3, 0.4) is 0 Å². The van der Waals surface area contributed by atoms with E-state index in [1.807, 2.05) is 0 Å². The molecular formula is C15H12ClN3O4. The number of oxime groups is 1. The molecule has 0 saturated heterocycles. The molecular weight excluding hydrogens is 322 g/mol. The van der Waals surface area contributed by atoms with Crippen molar-refractivity contribution in [1.29, 1.82) is 0 Å². The van der Waals surface area contributed by atoms with Crippen LogP contribution in [-0.2, 0) is 9.63 Å². The summed E-state index contributed by atoms with van der Waals surface area (Å²) in [4.78, 5) is 26.6. The molecule has 0 fully saturated rings. The molecule has 0 aliphatic heterocycles. The smallest absolute Gasteiger partial charge is 0.270 e. The third kappa shape index (κ3) is 5.40. The molecule has 118 valence electrons. The number of amides is 1. The van der Waals surface area contributed by atoms with Crippen molar-refractivity contribution < 1.29 is 14.6 Å². The fraction of sp³-hybridized carbons (Fsp3) is 0.0667. The zero-order valence-corrected chi connectivity index (χ0v) is 12.6. The van der Waals surface area contributed by atoms with Gasteiger partial charge in [0.15, 0.2) is 6.61 Å². The number of anilines is 1. The molecule has 0 atom stereocenters. The van der Waals surface area contributed by atoms with Gasteiger partial charge < -0.3 is 10.2 Å². The SMILES string of the molecule is O=C(CO/N=C\c1cccc([N+](=O)[O-])c1)Nc1ccc(Cl)cc1. The molecule has 2 rings (SSSR count). The van der Waals surface area contributed by atoms with Gasteiger partial charge in [0, 0.05) is 28.4 Å². The van der Waals surface area contributed by atoms with Gasteiger partial charge in [0.25, 0.3) is 11.6 Å². The van der Waals surface area contributed by atoms with Crippen LogP contribution in [0.15, 0.2) is 53.7 Å². The van der Waals surface area contributed by atoms with E-state index in [1.165, 1.54) is 24.4 Å². The summed E-state index contributed by atoms with van der Waals surface area (Å²) in [6, 6.07) is 12.5. The molecule has 7 nitrogen and oxygen atoms in total. The summed E-state index contributed by atoms with van der Waals surface area (Å²) in [5.41, 5.74) is 1.04. The Kier molecular flexibility index (Phi) is 5.65. The molecule has 8 heteroatoms. The number of non-ortho nitro benzene ring substituents is 1. The quantitative estimate of drug-likeness (QED) is 0.499. The maximum atomic E-state index is 11.6. The molecule has 0 aliphatic carbocycles. The molecule has 1 N–H and O–H groups in total. The molecule has 0 heterocycles. The van der Waals surface area contributed by atoms with E-state index in [4.69, 9.17) is 16.4 Å². The molecule has 0 radical (unpaired) electrons. The van der Waals surface area contributed by atoms with Gasteiger partial charge in [-0.1, -0.05) is 28.9 Å². The first-order valence-electron chi connectivity index (χ1n) is 6.50. The summed E-state index contributed by atoms with van der Waals surface area (Å²) in [6.45, 7) is -0.284.